The molecule has 64 valence electrons. The quantitative estimate of drug-likeness (QED) is 0.670. The smallest absolute Gasteiger partial charge is 0.206 e. The molecule has 0 unspecified atom stereocenters. The summed E-state index contributed by atoms with van der Waals surface area (Å²) in [6.45, 7) is 1.66. The van der Waals surface area contributed by atoms with Crippen LogP contribution in [0.1, 0.15) is 5.56 Å². The third kappa shape index (κ3) is 1.63. The minimum absolute atomic E-state index is 0.0903. The highest BCUT2D eigenvalue weighted by Gasteiger charge is 2.13. The minimum Gasteiger partial charge on any atom is -0.206 e. The molecule has 5 heteroatoms. The van der Waals surface area contributed by atoms with Gasteiger partial charge in [-0.15, -0.1) is 4.83 Å². The Morgan fingerprint density at radius 1 is 1.33 bits per heavy atom. The fourth-order valence-corrected chi connectivity index (χ4v) is 1.76. The molecule has 0 aliphatic rings. The van der Waals surface area contributed by atoms with Crippen LogP contribution >= 0.6 is 0 Å². The van der Waals surface area contributed by atoms with Crippen molar-refractivity contribution in [3.05, 3.63) is 29.8 Å². The summed E-state index contributed by atoms with van der Waals surface area (Å²) in [6.07, 6.45) is 0. The number of benzene rings is 1. The maximum atomic E-state index is 11.1. The number of aryl methyl sites for hydroxylation is 1. The van der Waals surface area contributed by atoms with Crippen LogP contribution in [0.2, 0.25) is 0 Å². The summed E-state index contributed by atoms with van der Waals surface area (Å²) in [4.78, 5) is 1.36. The van der Waals surface area contributed by atoms with E-state index in [4.69, 9.17) is 5.84 Å². The van der Waals surface area contributed by atoms with E-state index in [1.54, 1.807) is 25.1 Å². The van der Waals surface area contributed by atoms with Crippen LogP contribution < -0.4 is 10.7 Å². The average Bonchev–Trinajstić information content (AvgIpc) is 2.05. The first-order chi connectivity index (χ1) is 5.58. The molecule has 0 bridgehead atoms. The highest BCUT2D eigenvalue weighted by Crippen LogP contribution is 2.12. The largest absolute Gasteiger partial charge is 0.256 e. The van der Waals surface area contributed by atoms with Crippen molar-refractivity contribution in [3.8, 4) is 0 Å². The molecule has 0 spiro atoms. The van der Waals surface area contributed by atoms with E-state index in [0.29, 0.717) is 5.56 Å². The number of nitrogens with zero attached hydrogens (tertiary/aromatic N) is 1. The standard InChI is InChI=1S/C7H8N2O2S/c1-6-4-2-3-5-7(6)12(10,11)9-8/h2-5,9H,1H3. The third-order valence-corrected chi connectivity index (χ3v) is 2.78. The molecule has 0 amide bonds. The third-order valence-electron chi connectivity index (χ3n) is 1.50. The molecule has 0 fully saturated rings. The van der Waals surface area contributed by atoms with E-state index in [2.05, 4.69) is 0 Å². The van der Waals surface area contributed by atoms with E-state index in [1.807, 2.05) is 0 Å². The van der Waals surface area contributed by atoms with Crippen LogP contribution in [0.25, 0.3) is 0 Å². The van der Waals surface area contributed by atoms with Crippen LogP contribution in [0.4, 0.5) is 0 Å². The molecule has 0 aliphatic heterocycles. The molecule has 0 saturated carbocycles. The summed E-state index contributed by atoms with van der Waals surface area (Å²) in [5.41, 5.74) is 0.596. The minimum atomic E-state index is -3.72. The molecule has 0 saturated heterocycles. The number of hydrogen-bond acceptors (Lipinski definition) is 2. The summed E-state index contributed by atoms with van der Waals surface area (Å²) in [5.74, 6) is 8.33. The van der Waals surface area contributed by atoms with Gasteiger partial charge in [0, 0.05) is 0 Å². The lowest BCUT2D eigenvalue weighted by atomic mass is 10.2. The second kappa shape index (κ2) is 3.22. The Morgan fingerprint density at radius 2 is 1.92 bits per heavy atom. The lowest BCUT2D eigenvalue weighted by Crippen LogP contribution is -2.22. The van der Waals surface area contributed by atoms with Gasteiger partial charge in [-0.05, 0) is 24.4 Å². The van der Waals surface area contributed by atoms with Gasteiger partial charge in [-0.1, -0.05) is 18.2 Å². The van der Waals surface area contributed by atoms with E-state index < -0.39 is 10.0 Å². The first kappa shape index (κ1) is 9.18. The van der Waals surface area contributed by atoms with Crippen molar-refractivity contribution in [2.45, 2.75) is 11.8 Å². The molecule has 4 nitrogen and oxygen atoms in total. The van der Waals surface area contributed by atoms with Crippen molar-refractivity contribution in [1.82, 2.24) is 10.7 Å². The van der Waals surface area contributed by atoms with Crippen LogP contribution in [0, 0.1) is 6.92 Å². The van der Waals surface area contributed by atoms with Crippen LogP contribution in [0.3, 0.4) is 0 Å². The Balaban J connectivity index is 3.30. The lowest BCUT2D eigenvalue weighted by molar-refractivity contribution is 0.581. The SMILES string of the molecule is Cc1ccccc1S(=O)(=O)N[N]. The maximum absolute atomic E-state index is 11.1. The number of nitrogens with one attached hydrogen (secondary N) is 1. The first-order valence-electron chi connectivity index (χ1n) is 3.29. The maximum Gasteiger partial charge on any atom is 0.256 e. The Labute approximate surface area is 71.4 Å². The van der Waals surface area contributed by atoms with Crippen molar-refractivity contribution >= 4 is 10.0 Å². The van der Waals surface area contributed by atoms with E-state index in [0.717, 1.165) is 0 Å². The molecule has 2 radical (unpaired) electrons. The van der Waals surface area contributed by atoms with Gasteiger partial charge in [0.2, 0.25) is 0 Å². The molecular weight excluding hydrogens is 176 g/mol. The van der Waals surface area contributed by atoms with Gasteiger partial charge in [-0.25, -0.2) is 8.42 Å². The van der Waals surface area contributed by atoms with E-state index >= 15 is 0 Å². The second-order valence-electron chi connectivity index (χ2n) is 2.36. The summed E-state index contributed by atoms with van der Waals surface area (Å²) in [5, 5.41) is 0. The van der Waals surface area contributed by atoms with Gasteiger partial charge < -0.3 is 0 Å². The topological polar surface area (TPSA) is 68.5 Å². The normalized spacial score (nSPS) is 11.5. The summed E-state index contributed by atoms with van der Waals surface area (Å²) >= 11 is 0. The van der Waals surface area contributed by atoms with Crippen LogP contribution in [0.5, 0.6) is 0 Å². The predicted molar refractivity (Wildman–Crippen MR) is 43.6 cm³/mol. The van der Waals surface area contributed by atoms with Gasteiger partial charge in [0.25, 0.3) is 10.0 Å². The number of sulfonamides is 1. The number of rotatable bonds is 2. The van der Waals surface area contributed by atoms with E-state index in [9.17, 15) is 8.42 Å². The molecule has 1 aromatic rings. The molecule has 12 heavy (non-hydrogen) atoms. The Morgan fingerprint density at radius 3 is 2.42 bits per heavy atom. The second-order valence-corrected chi connectivity index (χ2v) is 3.99. The zero-order chi connectivity index (χ0) is 9.19. The van der Waals surface area contributed by atoms with Gasteiger partial charge in [-0.3, -0.25) is 0 Å². The summed E-state index contributed by atoms with van der Waals surface area (Å²) in [6, 6.07) is 6.40. The predicted octanol–water partition coefficient (Wildman–Crippen LogP) is 0.257. The van der Waals surface area contributed by atoms with Gasteiger partial charge in [0.05, 0.1) is 4.90 Å². The zero-order valence-electron chi connectivity index (χ0n) is 6.48. The van der Waals surface area contributed by atoms with Crippen LogP contribution in [-0.4, -0.2) is 8.42 Å². The Kier molecular flexibility index (Phi) is 2.46. The first-order valence-corrected chi connectivity index (χ1v) is 4.78. The highest BCUT2D eigenvalue weighted by molar-refractivity contribution is 7.89. The zero-order valence-corrected chi connectivity index (χ0v) is 7.30. The molecule has 0 aromatic heterocycles. The number of hydrogen-bond donors (Lipinski definition) is 1. The summed E-state index contributed by atoms with van der Waals surface area (Å²) < 4.78 is 22.1. The van der Waals surface area contributed by atoms with Crippen molar-refractivity contribution in [2.24, 2.45) is 0 Å². The molecule has 1 N–H and O–H groups in total. The highest BCUT2D eigenvalue weighted by atomic mass is 32.2. The van der Waals surface area contributed by atoms with E-state index in [-0.39, 0.29) is 4.90 Å². The Hall–Kier alpha value is -0.910. The van der Waals surface area contributed by atoms with Gasteiger partial charge in [-0.2, -0.15) is 0 Å². The van der Waals surface area contributed by atoms with Gasteiger partial charge in [0.1, 0.15) is 0 Å². The molecule has 1 rings (SSSR count). The van der Waals surface area contributed by atoms with E-state index in [1.165, 1.54) is 10.9 Å². The Bertz CT molecular complexity index is 373. The van der Waals surface area contributed by atoms with Crippen molar-refractivity contribution in [3.63, 3.8) is 0 Å². The fraction of sp³-hybridized carbons (Fsp3) is 0.143. The molecule has 0 aliphatic carbocycles. The molecule has 1 aromatic carbocycles. The van der Waals surface area contributed by atoms with Crippen LogP contribution in [-0.2, 0) is 10.0 Å². The van der Waals surface area contributed by atoms with Gasteiger partial charge in [0.15, 0.2) is 0 Å². The molecule has 0 heterocycles. The summed E-state index contributed by atoms with van der Waals surface area (Å²) in [7, 11) is -3.72. The van der Waals surface area contributed by atoms with Crippen molar-refractivity contribution < 1.29 is 8.42 Å². The van der Waals surface area contributed by atoms with Crippen molar-refractivity contribution in [2.75, 3.05) is 0 Å². The fourth-order valence-electron chi connectivity index (χ4n) is 0.907. The van der Waals surface area contributed by atoms with Crippen LogP contribution in [0.15, 0.2) is 29.2 Å². The average molecular weight is 184 g/mol. The van der Waals surface area contributed by atoms with Gasteiger partial charge >= 0.3 is 0 Å². The lowest BCUT2D eigenvalue weighted by Gasteiger charge is -2.02. The molecular formula is C7H8N2O2S. The molecule has 0 atom stereocenters. The van der Waals surface area contributed by atoms with Crippen molar-refractivity contribution in [1.29, 1.82) is 0 Å². The monoisotopic (exact) mass is 184 g/mol.